The lowest BCUT2D eigenvalue weighted by Crippen LogP contribution is -2.43. The molecule has 36 heavy (non-hydrogen) atoms. The van der Waals surface area contributed by atoms with Crippen LogP contribution in [0.15, 0.2) is 30.3 Å². The van der Waals surface area contributed by atoms with E-state index in [1.807, 2.05) is 18.2 Å². The summed E-state index contributed by atoms with van der Waals surface area (Å²) in [7, 11) is 1.79. The lowest BCUT2D eigenvalue weighted by atomic mass is 9.65. The highest BCUT2D eigenvalue weighted by atomic mass is 35.5. The Labute approximate surface area is 220 Å². The number of halogens is 3. The second-order valence-corrected chi connectivity index (χ2v) is 11.9. The van der Waals surface area contributed by atoms with E-state index in [0.717, 1.165) is 30.5 Å². The Balaban J connectivity index is 1.54. The number of likely N-dealkylation sites (tertiary alicyclic amines) is 1. The molecule has 1 saturated carbocycles. The van der Waals surface area contributed by atoms with Crippen LogP contribution in [0.4, 0.5) is 20.6 Å². The predicted octanol–water partition coefficient (Wildman–Crippen LogP) is 6.48. The molecule has 9 heteroatoms. The Hall–Kier alpha value is -2.51. The van der Waals surface area contributed by atoms with Crippen molar-refractivity contribution in [2.75, 3.05) is 30.4 Å². The summed E-state index contributed by atoms with van der Waals surface area (Å²) >= 11 is 12.9. The topological polar surface area (TPSA) is 61.9 Å². The molecule has 0 radical (unpaired) electrons. The molecule has 0 bridgehead atoms. The maximum atomic E-state index is 15.3. The first kappa shape index (κ1) is 25.2. The molecule has 192 valence electrons. The van der Waals surface area contributed by atoms with Crippen LogP contribution in [0.1, 0.15) is 57.6 Å². The molecule has 2 heterocycles. The van der Waals surface area contributed by atoms with Gasteiger partial charge in [-0.1, -0.05) is 35.7 Å². The van der Waals surface area contributed by atoms with E-state index in [1.54, 1.807) is 37.6 Å². The molecule has 1 saturated heterocycles. The number of nitrogens with one attached hydrogen (secondary N) is 1. The van der Waals surface area contributed by atoms with Gasteiger partial charge in [-0.3, -0.25) is 4.79 Å². The zero-order valence-corrected chi connectivity index (χ0v) is 22.4. The van der Waals surface area contributed by atoms with Gasteiger partial charge in [-0.2, -0.15) is 0 Å². The summed E-state index contributed by atoms with van der Waals surface area (Å²) in [4.78, 5) is 29.2. The number of ether oxygens (including phenoxy) is 1. The summed E-state index contributed by atoms with van der Waals surface area (Å²) in [6, 6.07) is 8.54. The fourth-order valence-electron chi connectivity index (χ4n) is 5.75. The Bertz CT molecular complexity index is 1260. The molecule has 2 amide bonds. The van der Waals surface area contributed by atoms with Crippen LogP contribution in [-0.4, -0.2) is 42.6 Å². The average Bonchev–Trinajstić information content (AvgIpc) is 3.28. The highest BCUT2D eigenvalue weighted by molar-refractivity contribution is 6.42. The number of carbonyl (C=O) groups excluding carboxylic acids is 2. The number of benzene rings is 2. The SMILES string of the molecule is CN1C(=O)C2(CCC2)c2ccc(NC3(c4c(F)ccc(Cl)c4Cl)CCN(C(=O)OC(C)(C)C)C3)cc21. The van der Waals surface area contributed by atoms with Gasteiger partial charge in [0.2, 0.25) is 5.91 Å². The van der Waals surface area contributed by atoms with E-state index in [4.69, 9.17) is 27.9 Å². The quantitative estimate of drug-likeness (QED) is 0.458. The van der Waals surface area contributed by atoms with Crippen molar-refractivity contribution in [3.63, 3.8) is 0 Å². The molecule has 1 spiro atoms. The predicted molar refractivity (Wildman–Crippen MR) is 140 cm³/mol. The van der Waals surface area contributed by atoms with Gasteiger partial charge in [0, 0.05) is 30.5 Å². The van der Waals surface area contributed by atoms with Gasteiger partial charge in [0.25, 0.3) is 0 Å². The van der Waals surface area contributed by atoms with Crippen LogP contribution in [0.3, 0.4) is 0 Å². The second kappa shape index (κ2) is 8.52. The van der Waals surface area contributed by atoms with Crippen molar-refractivity contribution < 1.29 is 18.7 Å². The highest BCUT2D eigenvalue weighted by Crippen LogP contribution is 2.54. The second-order valence-electron chi connectivity index (χ2n) is 11.1. The van der Waals surface area contributed by atoms with Gasteiger partial charge in [0.15, 0.2) is 0 Å². The van der Waals surface area contributed by atoms with Crippen LogP contribution in [0, 0.1) is 5.82 Å². The molecule has 2 aromatic carbocycles. The van der Waals surface area contributed by atoms with E-state index >= 15 is 4.39 Å². The third-order valence-corrected chi connectivity index (χ3v) is 8.43. The fourth-order valence-corrected chi connectivity index (χ4v) is 6.25. The minimum Gasteiger partial charge on any atom is -0.444 e. The zero-order valence-electron chi connectivity index (χ0n) is 20.9. The van der Waals surface area contributed by atoms with E-state index in [1.165, 1.54) is 12.1 Å². The molecule has 3 aliphatic rings. The van der Waals surface area contributed by atoms with Crippen molar-refractivity contribution in [1.29, 1.82) is 0 Å². The third-order valence-electron chi connectivity index (χ3n) is 7.62. The number of carbonyl (C=O) groups is 2. The van der Waals surface area contributed by atoms with Crippen LogP contribution in [-0.2, 0) is 20.5 Å². The van der Waals surface area contributed by atoms with Gasteiger partial charge in [-0.15, -0.1) is 0 Å². The van der Waals surface area contributed by atoms with Crippen LogP contribution >= 0.6 is 23.2 Å². The smallest absolute Gasteiger partial charge is 0.410 e. The van der Waals surface area contributed by atoms with Crippen LogP contribution in [0.2, 0.25) is 10.0 Å². The maximum absolute atomic E-state index is 15.3. The Morgan fingerprint density at radius 1 is 1.14 bits per heavy atom. The highest BCUT2D eigenvalue weighted by Gasteiger charge is 2.53. The minimum absolute atomic E-state index is 0.108. The summed E-state index contributed by atoms with van der Waals surface area (Å²) in [6.45, 7) is 5.89. The molecular formula is C27H30Cl2FN3O3. The van der Waals surface area contributed by atoms with E-state index < -0.39 is 28.5 Å². The number of amides is 2. The fraction of sp³-hybridized carbons (Fsp3) is 0.481. The zero-order chi connectivity index (χ0) is 26.0. The van der Waals surface area contributed by atoms with Gasteiger partial charge in [-0.25, -0.2) is 9.18 Å². The molecular weight excluding hydrogens is 504 g/mol. The van der Waals surface area contributed by atoms with Crippen molar-refractivity contribution in [1.82, 2.24) is 4.90 Å². The Morgan fingerprint density at radius 3 is 2.50 bits per heavy atom. The molecule has 0 aromatic heterocycles. The van der Waals surface area contributed by atoms with E-state index in [-0.39, 0.29) is 28.1 Å². The van der Waals surface area contributed by atoms with E-state index in [2.05, 4.69) is 5.32 Å². The molecule has 2 fully saturated rings. The summed E-state index contributed by atoms with van der Waals surface area (Å²) in [5.74, 6) is -0.388. The van der Waals surface area contributed by atoms with Gasteiger partial charge < -0.3 is 19.9 Å². The normalized spacial score (nSPS) is 22.6. The first-order chi connectivity index (χ1) is 16.9. The molecule has 2 aliphatic heterocycles. The summed E-state index contributed by atoms with van der Waals surface area (Å²) in [5, 5.41) is 3.83. The van der Waals surface area contributed by atoms with Gasteiger partial charge in [0.05, 0.1) is 27.5 Å². The lowest BCUT2D eigenvalue weighted by molar-refractivity contribution is -0.125. The molecule has 1 unspecified atom stereocenters. The van der Waals surface area contributed by atoms with E-state index in [0.29, 0.717) is 18.7 Å². The van der Waals surface area contributed by atoms with Gasteiger partial charge >= 0.3 is 6.09 Å². The van der Waals surface area contributed by atoms with Crippen LogP contribution in [0.5, 0.6) is 0 Å². The molecule has 2 aromatic rings. The average molecular weight is 534 g/mol. The monoisotopic (exact) mass is 533 g/mol. The maximum Gasteiger partial charge on any atom is 0.410 e. The van der Waals surface area contributed by atoms with Crippen LogP contribution < -0.4 is 10.2 Å². The largest absolute Gasteiger partial charge is 0.444 e. The molecule has 1 atom stereocenters. The van der Waals surface area contributed by atoms with Crippen molar-refractivity contribution in [3.8, 4) is 0 Å². The molecule has 5 rings (SSSR count). The number of nitrogens with zero attached hydrogens (tertiary/aromatic N) is 2. The van der Waals surface area contributed by atoms with Crippen molar-refractivity contribution in [2.24, 2.45) is 0 Å². The number of rotatable bonds is 3. The summed E-state index contributed by atoms with van der Waals surface area (Å²) < 4.78 is 20.9. The van der Waals surface area contributed by atoms with E-state index in [9.17, 15) is 9.59 Å². The summed E-state index contributed by atoms with van der Waals surface area (Å²) in [6.07, 6.45) is 2.66. The summed E-state index contributed by atoms with van der Waals surface area (Å²) in [5.41, 5.74) is 0.669. The number of hydrogen-bond donors (Lipinski definition) is 1. The van der Waals surface area contributed by atoms with Crippen molar-refractivity contribution in [3.05, 3.63) is 57.3 Å². The van der Waals surface area contributed by atoms with Gasteiger partial charge in [-0.05, 0) is 69.9 Å². The standard InChI is InChI=1S/C27H30Cl2FN3O3/c1-25(2,3)36-24(35)33-13-12-27(15-33,21-19(30)9-8-18(28)22(21)29)31-16-6-7-17-20(14-16)32(4)23(34)26(17)10-5-11-26/h6-9,14,31H,5,10-13,15H2,1-4H3. The minimum atomic E-state index is -1.05. The van der Waals surface area contributed by atoms with Crippen molar-refractivity contribution in [2.45, 2.75) is 63.0 Å². The first-order valence-electron chi connectivity index (χ1n) is 12.2. The Kier molecular flexibility index (Phi) is 5.95. The lowest BCUT2D eigenvalue weighted by Gasteiger charge is -2.37. The molecule has 1 N–H and O–H groups in total. The van der Waals surface area contributed by atoms with Gasteiger partial charge in [0.1, 0.15) is 11.4 Å². The van der Waals surface area contributed by atoms with Crippen LogP contribution in [0.25, 0.3) is 0 Å². The molecule has 6 nitrogen and oxygen atoms in total. The Morgan fingerprint density at radius 2 is 1.86 bits per heavy atom. The number of anilines is 2. The molecule has 1 aliphatic carbocycles. The van der Waals surface area contributed by atoms with Crippen molar-refractivity contribution >= 4 is 46.6 Å². The number of hydrogen-bond acceptors (Lipinski definition) is 4. The number of likely N-dealkylation sites (N-methyl/N-ethyl adjacent to an activating group) is 1. The third kappa shape index (κ3) is 3.91. The number of fused-ring (bicyclic) bond motifs is 2. The first-order valence-corrected chi connectivity index (χ1v) is 13.0.